The molecule has 0 spiro atoms. The first-order chi connectivity index (χ1) is 6.28. The van der Waals surface area contributed by atoms with Crippen LogP contribution in [0.15, 0.2) is 4.99 Å². The van der Waals surface area contributed by atoms with Gasteiger partial charge in [0, 0.05) is 13.1 Å². The zero-order chi connectivity index (χ0) is 10.1. The van der Waals surface area contributed by atoms with Gasteiger partial charge in [-0.3, -0.25) is 10.4 Å². The molecule has 0 unspecified atom stereocenters. The van der Waals surface area contributed by atoms with Gasteiger partial charge in [0.15, 0.2) is 0 Å². The first-order valence-electron chi connectivity index (χ1n) is 5.03. The number of hydrogen-bond donors (Lipinski definition) is 3. The third-order valence-electron chi connectivity index (χ3n) is 2.14. The molecule has 0 saturated heterocycles. The first-order valence-corrected chi connectivity index (χ1v) is 5.03. The van der Waals surface area contributed by atoms with Crippen molar-refractivity contribution >= 4 is 5.96 Å². The highest BCUT2D eigenvalue weighted by molar-refractivity contribution is 5.79. The summed E-state index contributed by atoms with van der Waals surface area (Å²) in [4.78, 5) is 4.34. The number of aliphatic imine (C=N–C) groups is 1. The van der Waals surface area contributed by atoms with Crippen molar-refractivity contribution in [3.63, 3.8) is 0 Å². The van der Waals surface area contributed by atoms with E-state index in [4.69, 9.17) is 5.84 Å². The summed E-state index contributed by atoms with van der Waals surface area (Å²) in [6.45, 7) is 8.08. The van der Waals surface area contributed by atoms with E-state index in [2.05, 4.69) is 29.6 Å². The van der Waals surface area contributed by atoms with Crippen LogP contribution in [0.1, 0.15) is 33.6 Å². The Morgan fingerprint density at radius 3 is 2.31 bits per heavy atom. The molecule has 4 heteroatoms. The van der Waals surface area contributed by atoms with Crippen LogP contribution >= 0.6 is 0 Å². The SMILES string of the molecule is CCNC(=NCC(CC)CC)NN. The van der Waals surface area contributed by atoms with E-state index in [0.29, 0.717) is 11.9 Å². The van der Waals surface area contributed by atoms with Crippen LogP contribution in [0.3, 0.4) is 0 Å². The molecule has 0 aromatic heterocycles. The summed E-state index contributed by atoms with van der Waals surface area (Å²) in [7, 11) is 0. The molecule has 0 rings (SSSR count). The van der Waals surface area contributed by atoms with Crippen LogP contribution in [0.25, 0.3) is 0 Å². The minimum Gasteiger partial charge on any atom is -0.356 e. The van der Waals surface area contributed by atoms with Crippen LogP contribution in [0.2, 0.25) is 0 Å². The third kappa shape index (κ3) is 5.47. The lowest BCUT2D eigenvalue weighted by Gasteiger charge is -2.11. The fourth-order valence-corrected chi connectivity index (χ4v) is 1.09. The van der Waals surface area contributed by atoms with Gasteiger partial charge in [0.25, 0.3) is 0 Å². The summed E-state index contributed by atoms with van der Waals surface area (Å²) in [5.74, 6) is 6.64. The van der Waals surface area contributed by atoms with E-state index < -0.39 is 0 Å². The normalized spacial score (nSPS) is 11.9. The molecule has 0 aliphatic rings. The molecule has 0 heterocycles. The maximum atomic E-state index is 5.28. The molecule has 0 saturated carbocycles. The van der Waals surface area contributed by atoms with Crippen molar-refractivity contribution in [3.8, 4) is 0 Å². The summed E-state index contributed by atoms with van der Waals surface area (Å²) >= 11 is 0. The molecule has 0 radical (unpaired) electrons. The van der Waals surface area contributed by atoms with Gasteiger partial charge < -0.3 is 5.32 Å². The lowest BCUT2D eigenvalue weighted by Crippen LogP contribution is -2.41. The second-order valence-electron chi connectivity index (χ2n) is 3.05. The quantitative estimate of drug-likeness (QED) is 0.258. The van der Waals surface area contributed by atoms with E-state index in [-0.39, 0.29) is 0 Å². The molecular weight excluding hydrogens is 164 g/mol. The second kappa shape index (κ2) is 7.86. The zero-order valence-corrected chi connectivity index (χ0v) is 8.93. The fraction of sp³-hybridized carbons (Fsp3) is 0.889. The molecule has 0 bridgehead atoms. The summed E-state index contributed by atoms with van der Waals surface area (Å²) in [5.41, 5.74) is 2.55. The summed E-state index contributed by atoms with van der Waals surface area (Å²) < 4.78 is 0. The number of hydrogen-bond acceptors (Lipinski definition) is 2. The molecule has 13 heavy (non-hydrogen) atoms. The highest BCUT2D eigenvalue weighted by atomic mass is 15.3. The van der Waals surface area contributed by atoms with E-state index in [1.54, 1.807) is 0 Å². The molecule has 0 fully saturated rings. The predicted octanol–water partition coefficient (Wildman–Crippen LogP) is 0.851. The Balaban J connectivity index is 3.88. The standard InChI is InChI=1S/C9H22N4/c1-4-8(5-2)7-12-9(13-10)11-6-3/h8H,4-7,10H2,1-3H3,(H2,11,12,13). The summed E-state index contributed by atoms with van der Waals surface area (Å²) in [6.07, 6.45) is 2.34. The van der Waals surface area contributed by atoms with Crippen LogP contribution in [0, 0.1) is 5.92 Å². The predicted molar refractivity (Wildman–Crippen MR) is 57.4 cm³/mol. The van der Waals surface area contributed by atoms with Gasteiger partial charge in [0.1, 0.15) is 0 Å². The van der Waals surface area contributed by atoms with Crippen molar-refractivity contribution in [2.75, 3.05) is 13.1 Å². The number of nitrogens with two attached hydrogens (primary N) is 1. The largest absolute Gasteiger partial charge is 0.356 e. The maximum absolute atomic E-state index is 5.28. The Hall–Kier alpha value is -0.770. The van der Waals surface area contributed by atoms with Crippen LogP contribution in [-0.4, -0.2) is 19.0 Å². The zero-order valence-electron chi connectivity index (χ0n) is 8.93. The molecule has 0 atom stereocenters. The van der Waals surface area contributed by atoms with Gasteiger partial charge in [0.2, 0.25) is 5.96 Å². The van der Waals surface area contributed by atoms with Crippen LogP contribution < -0.4 is 16.6 Å². The monoisotopic (exact) mass is 186 g/mol. The van der Waals surface area contributed by atoms with Gasteiger partial charge >= 0.3 is 0 Å². The van der Waals surface area contributed by atoms with Crippen molar-refractivity contribution in [2.45, 2.75) is 33.6 Å². The van der Waals surface area contributed by atoms with Gasteiger partial charge in [-0.2, -0.15) is 0 Å². The third-order valence-corrected chi connectivity index (χ3v) is 2.14. The Morgan fingerprint density at radius 1 is 1.31 bits per heavy atom. The lowest BCUT2D eigenvalue weighted by atomic mass is 10.0. The molecule has 0 aromatic rings. The minimum absolute atomic E-state index is 0.669. The van der Waals surface area contributed by atoms with Crippen LogP contribution in [0.4, 0.5) is 0 Å². The van der Waals surface area contributed by atoms with Gasteiger partial charge in [-0.1, -0.05) is 26.7 Å². The number of nitrogens with zero attached hydrogens (tertiary/aromatic N) is 1. The fourth-order valence-electron chi connectivity index (χ4n) is 1.09. The first kappa shape index (κ1) is 12.2. The van der Waals surface area contributed by atoms with Gasteiger partial charge in [-0.05, 0) is 12.8 Å². The Morgan fingerprint density at radius 2 is 1.92 bits per heavy atom. The van der Waals surface area contributed by atoms with E-state index in [0.717, 1.165) is 13.1 Å². The van der Waals surface area contributed by atoms with E-state index >= 15 is 0 Å². The highest BCUT2D eigenvalue weighted by Crippen LogP contribution is 2.06. The van der Waals surface area contributed by atoms with Gasteiger partial charge in [0.05, 0.1) is 0 Å². The summed E-state index contributed by atoms with van der Waals surface area (Å²) in [6, 6.07) is 0. The minimum atomic E-state index is 0.669. The summed E-state index contributed by atoms with van der Waals surface area (Å²) in [5, 5.41) is 3.05. The van der Waals surface area contributed by atoms with E-state index in [9.17, 15) is 0 Å². The smallest absolute Gasteiger partial charge is 0.205 e. The Labute approximate surface area is 81.0 Å². The van der Waals surface area contributed by atoms with Crippen LogP contribution in [-0.2, 0) is 0 Å². The lowest BCUT2D eigenvalue weighted by molar-refractivity contribution is 0.504. The Bertz CT molecular complexity index is 141. The van der Waals surface area contributed by atoms with E-state index in [1.165, 1.54) is 12.8 Å². The van der Waals surface area contributed by atoms with E-state index in [1.807, 2.05) is 6.92 Å². The molecule has 0 aromatic carbocycles. The number of guanidine groups is 1. The molecular formula is C9H22N4. The van der Waals surface area contributed by atoms with Gasteiger partial charge in [-0.25, -0.2) is 5.84 Å². The number of nitrogens with one attached hydrogen (secondary N) is 2. The molecule has 0 aliphatic heterocycles. The van der Waals surface area contributed by atoms with Crippen molar-refractivity contribution in [1.29, 1.82) is 0 Å². The molecule has 78 valence electrons. The Kier molecular flexibility index (Phi) is 7.39. The van der Waals surface area contributed by atoms with Crippen molar-refractivity contribution in [1.82, 2.24) is 10.7 Å². The number of hydrazine groups is 1. The van der Waals surface area contributed by atoms with Gasteiger partial charge in [-0.15, -0.1) is 0 Å². The maximum Gasteiger partial charge on any atom is 0.205 e. The van der Waals surface area contributed by atoms with Crippen molar-refractivity contribution < 1.29 is 0 Å². The molecule has 0 amide bonds. The van der Waals surface area contributed by atoms with Crippen LogP contribution in [0.5, 0.6) is 0 Å². The highest BCUT2D eigenvalue weighted by Gasteiger charge is 2.02. The molecule has 0 aliphatic carbocycles. The topological polar surface area (TPSA) is 62.4 Å². The second-order valence-corrected chi connectivity index (χ2v) is 3.05. The number of rotatable bonds is 5. The molecule has 4 N–H and O–H groups in total. The van der Waals surface area contributed by atoms with Crippen molar-refractivity contribution in [3.05, 3.63) is 0 Å². The average molecular weight is 186 g/mol. The van der Waals surface area contributed by atoms with Crippen molar-refractivity contribution in [2.24, 2.45) is 16.8 Å². The average Bonchev–Trinajstić information content (AvgIpc) is 2.17. The molecule has 4 nitrogen and oxygen atoms in total.